The Morgan fingerprint density at radius 3 is 2.38 bits per heavy atom. The average Bonchev–Trinajstić information content (AvgIpc) is 2.76. The topological polar surface area (TPSA) is 92.8 Å². The Bertz CT molecular complexity index is 740. The highest BCUT2D eigenvalue weighted by molar-refractivity contribution is 8.13. The molecule has 0 spiro atoms. The van der Waals surface area contributed by atoms with E-state index in [9.17, 15) is 18.0 Å². The summed E-state index contributed by atoms with van der Waals surface area (Å²) in [5.41, 5.74) is -0.0764. The molecule has 1 saturated heterocycles. The number of rotatable bonds is 3. The van der Waals surface area contributed by atoms with E-state index in [4.69, 9.17) is 15.4 Å². The van der Waals surface area contributed by atoms with Crippen LogP contribution in [0.3, 0.4) is 0 Å². The summed E-state index contributed by atoms with van der Waals surface area (Å²) in [6.45, 7) is 5.55. The van der Waals surface area contributed by atoms with Crippen molar-refractivity contribution in [2.45, 2.75) is 43.7 Å². The van der Waals surface area contributed by atoms with Gasteiger partial charge in [-0.1, -0.05) is 0 Å². The Kier molecular flexibility index (Phi) is 5.10. The molecule has 0 aromatic heterocycles. The van der Waals surface area contributed by atoms with E-state index >= 15 is 0 Å². The lowest BCUT2D eigenvalue weighted by Crippen LogP contribution is -2.40. The summed E-state index contributed by atoms with van der Waals surface area (Å²) in [6.07, 6.45) is -0.430. The van der Waals surface area contributed by atoms with Crippen molar-refractivity contribution in [3.8, 4) is 0 Å². The minimum absolute atomic E-state index is 0.0389. The molecule has 1 aromatic rings. The van der Waals surface area contributed by atoms with E-state index in [0.29, 0.717) is 5.69 Å². The molecule has 0 aliphatic carbocycles. The summed E-state index contributed by atoms with van der Waals surface area (Å²) in [5.74, 6) is -0.169. The van der Waals surface area contributed by atoms with Crippen LogP contribution >= 0.6 is 10.7 Å². The zero-order valence-corrected chi connectivity index (χ0v) is 15.1. The number of anilines is 1. The summed E-state index contributed by atoms with van der Waals surface area (Å²) in [4.78, 5) is 25.3. The molecular formula is C15H19ClN2O5S. The molecule has 0 bridgehead atoms. The number of benzene rings is 1. The number of alkyl carbamates (subject to hydrolysis) is 1. The van der Waals surface area contributed by atoms with Gasteiger partial charge in [-0.05, 0) is 45.0 Å². The third kappa shape index (κ3) is 4.85. The van der Waals surface area contributed by atoms with Gasteiger partial charge in [-0.25, -0.2) is 13.2 Å². The van der Waals surface area contributed by atoms with Crippen molar-refractivity contribution in [2.75, 3.05) is 11.4 Å². The molecule has 7 nitrogen and oxygen atoms in total. The van der Waals surface area contributed by atoms with Crippen LogP contribution in [0.5, 0.6) is 0 Å². The fourth-order valence-electron chi connectivity index (χ4n) is 2.32. The van der Waals surface area contributed by atoms with Crippen LogP contribution in [0.4, 0.5) is 10.5 Å². The highest BCUT2D eigenvalue weighted by Gasteiger charge is 2.32. The number of carbonyl (C=O) groups is 2. The van der Waals surface area contributed by atoms with Crippen LogP contribution in [0.1, 0.15) is 27.2 Å². The maximum Gasteiger partial charge on any atom is 0.407 e. The minimum Gasteiger partial charge on any atom is -0.444 e. The highest BCUT2D eigenvalue weighted by Crippen LogP contribution is 2.24. The van der Waals surface area contributed by atoms with E-state index in [1.54, 1.807) is 20.8 Å². The Morgan fingerprint density at radius 1 is 1.29 bits per heavy atom. The van der Waals surface area contributed by atoms with E-state index in [-0.39, 0.29) is 29.8 Å². The number of amides is 2. The number of nitrogens with zero attached hydrogens (tertiary/aromatic N) is 1. The Hall–Kier alpha value is -1.80. The molecule has 1 N–H and O–H groups in total. The Morgan fingerprint density at radius 2 is 1.88 bits per heavy atom. The molecule has 24 heavy (non-hydrogen) atoms. The van der Waals surface area contributed by atoms with E-state index in [1.807, 2.05) is 0 Å². The number of nitrogens with one attached hydrogen (secondary N) is 1. The maximum absolute atomic E-state index is 12.1. The number of hydrogen-bond acceptors (Lipinski definition) is 5. The van der Waals surface area contributed by atoms with E-state index < -0.39 is 20.7 Å². The third-order valence-electron chi connectivity index (χ3n) is 3.28. The van der Waals surface area contributed by atoms with Crippen LogP contribution in [0.2, 0.25) is 0 Å². The van der Waals surface area contributed by atoms with Gasteiger partial charge in [0.1, 0.15) is 5.60 Å². The molecule has 9 heteroatoms. The number of ether oxygens (including phenoxy) is 1. The van der Waals surface area contributed by atoms with E-state index in [1.165, 1.54) is 29.2 Å². The second-order valence-corrected chi connectivity index (χ2v) is 9.05. The van der Waals surface area contributed by atoms with E-state index in [0.717, 1.165) is 0 Å². The molecule has 0 saturated carbocycles. The molecule has 132 valence electrons. The molecule has 2 rings (SSSR count). The van der Waals surface area contributed by atoms with Gasteiger partial charge in [0.2, 0.25) is 5.91 Å². The van der Waals surface area contributed by atoms with Crippen molar-refractivity contribution in [2.24, 2.45) is 0 Å². The molecule has 1 aromatic carbocycles. The third-order valence-corrected chi connectivity index (χ3v) is 4.65. The second kappa shape index (κ2) is 6.60. The van der Waals surface area contributed by atoms with Gasteiger partial charge in [0, 0.05) is 29.3 Å². The lowest BCUT2D eigenvalue weighted by molar-refractivity contribution is -0.117. The lowest BCUT2D eigenvalue weighted by atomic mass is 10.2. The van der Waals surface area contributed by atoms with Crippen LogP contribution in [0.25, 0.3) is 0 Å². The van der Waals surface area contributed by atoms with Crippen LogP contribution in [0, 0.1) is 0 Å². The molecular weight excluding hydrogens is 356 g/mol. The van der Waals surface area contributed by atoms with Crippen LogP contribution in [-0.4, -0.2) is 38.6 Å². The van der Waals surface area contributed by atoms with Gasteiger partial charge in [-0.3, -0.25) is 4.79 Å². The summed E-state index contributed by atoms with van der Waals surface area (Å²) in [5, 5.41) is 2.66. The van der Waals surface area contributed by atoms with Crippen LogP contribution < -0.4 is 10.2 Å². The Labute approximate surface area is 145 Å². The standard InChI is InChI=1S/C15H19ClN2O5S/c1-15(2,3)23-14(20)17-10-8-13(19)18(9-10)11-4-6-12(7-5-11)24(16,21)22/h4-7,10H,8-9H2,1-3H3,(H,17,20). The fraction of sp³-hybridized carbons (Fsp3) is 0.467. The minimum atomic E-state index is -3.81. The summed E-state index contributed by atoms with van der Waals surface area (Å²) in [7, 11) is 1.46. The average molecular weight is 375 g/mol. The van der Waals surface area contributed by atoms with Gasteiger partial charge in [0.05, 0.1) is 10.9 Å². The first kappa shape index (κ1) is 18.5. The first-order valence-corrected chi connectivity index (χ1v) is 9.61. The summed E-state index contributed by atoms with van der Waals surface area (Å²) >= 11 is 0. The largest absolute Gasteiger partial charge is 0.444 e. The van der Waals surface area contributed by atoms with Crippen LogP contribution in [-0.2, 0) is 18.6 Å². The molecule has 1 aliphatic heterocycles. The zero-order chi connectivity index (χ0) is 18.1. The number of carbonyl (C=O) groups excluding carboxylic acids is 2. The van der Waals surface area contributed by atoms with Gasteiger partial charge >= 0.3 is 6.09 Å². The quantitative estimate of drug-likeness (QED) is 0.819. The molecule has 0 radical (unpaired) electrons. The predicted molar refractivity (Wildman–Crippen MR) is 89.6 cm³/mol. The van der Waals surface area contributed by atoms with Crippen molar-refractivity contribution < 1.29 is 22.7 Å². The molecule has 1 atom stereocenters. The summed E-state index contributed by atoms with van der Waals surface area (Å²) < 4.78 is 27.6. The molecule has 1 fully saturated rings. The van der Waals surface area contributed by atoms with Gasteiger partial charge in [0.15, 0.2) is 0 Å². The SMILES string of the molecule is CC(C)(C)OC(=O)NC1CC(=O)N(c2ccc(S(=O)(=O)Cl)cc2)C1. The molecule has 1 unspecified atom stereocenters. The normalized spacial score (nSPS) is 18.6. The van der Waals surface area contributed by atoms with E-state index in [2.05, 4.69) is 5.32 Å². The zero-order valence-electron chi connectivity index (χ0n) is 13.6. The second-order valence-electron chi connectivity index (χ2n) is 6.48. The first-order chi connectivity index (χ1) is 11.0. The van der Waals surface area contributed by atoms with Crippen molar-refractivity contribution in [3.05, 3.63) is 24.3 Å². The summed E-state index contributed by atoms with van der Waals surface area (Å²) in [6, 6.07) is 5.30. The fourth-order valence-corrected chi connectivity index (χ4v) is 3.09. The number of halogens is 1. The highest BCUT2D eigenvalue weighted by atomic mass is 35.7. The van der Waals surface area contributed by atoms with Crippen molar-refractivity contribution in [1.82, 2.24) is 5.32 Å². The van der Waals surface area contributed by atoms with Gasteiger partial charge in [-0.2, -0.15) is 0 Å². The van der Waals surface area contributed by atoms with Crippen molar-refractivity contribution >= 4 is 37.4 Å². The monoisotopic (exact) mass is 374 g/mol. The molecule has 2 amide bonds. The van der Waals surface area contributed by atoms with Crippen molar-refractivity contribution in [3.63, 3.8) is 0 Å². The maximum atomic E-state index is 12.1. The van der Waals surface area contributed by atoms with Crippen LogP contribution in [0.15, 0.2) is 29.2 Å². The van der Waals surface area contributed by atoms with Gasteiger partial charge in [0.25, 0.3) is 9.05 Å². The molecule has 1 heterocycles. The van der Waals surface area contributed by atoms with Crippen molar-refractivity contribution in [1.29, 1.82) is 0 Å². The first-order valence-electron chi connectivity index (χ1n) is 7.30. The predicted octanol–water partition coefficient (Wildman–Crippen LogP) is 2.24. The van der Waals surface area contributed by atoms with Gasteiger partial charge < -0.3 is 15.0 Å². The smallest absolute Gasteiger partial charge is 0.407 e. The Balaban J connectivity index is 2.03. The molecule has 1 aliphatic rings. The lowest BCUT2D eigenvalue weighted by Gasteiger charge is -2.22. The van der Waals surface area contributed by atoms with Gasteiger partial charge in [-0.15, -0.1) is 0 Å². The number of hydrogen-bond donors (Lipinski definition) is 1.